The van der Waals surface area contributed by atoms with Crippen molar-refractivity contribution >= 4 is 27.8 Å². The Morgan fingerprint density at radius 2 is 2.22 bits per heavy atom. The third-order valence-corrected chi connectivity index (χ3v) is 3.19. The Morgan fingerprint density at radius 1 is 1.56 bits per heavy atom. The normalized spacial score (nSPS) is 13.7. The van der Waals surface area contributed by atoms with Crippen LogP contribution in [-0.2, 0) is 4.79 Å². The first kappa shape index (κ1) is 14.6. The summed E-state index contributed by atoms with van der Waals surface area (Å²) in [5.41, 5.74) is 0.381. The fourth-order valence-electron chi connectivity index (χ4n) is 1.45. The van der Waals surface area contributed by atoms with Crippen LogP contribution in [0, 0.1) is 5.92 Å². The second kappa shape index (κ2) is 6.49. The molecule has 0 aliphatic heterocycles. The third-order valence-electron chi connectivity index (χ3n) is 2.75. The van der Waals surface area contributed by atoms with Crippen molar-refractivity contribution in [3.8, 4) is 0 Å². The average molecular weight is 315 g/mol. The maximum atomic E-state index is 11.9. The van der Waals surface area contributed by atoms with Crippen LogP contribution >= 0.6 is 15.9 Å². The fourth-order valence-corrected chi connectivity index (χ4v) is 1.82. The van der Waals surface area contributed by atoms with E-state index in [4.69, 9.17) is 5.11 Å². The number of carbonyl (C=O) groups is 2. The zero-order chi connectivity index (χ0) is 13.7. The largest absolute Gasteiger partial charge is 0.480 e. The highest BCUT2D eigenvalue weighted by molar-refractivity contribution is 9.10. The van der Waals surface area contributed by atoms with Crippen LogP contribution in [0.15, 0.2) is 22.9 Å². The van der Waals surface area contributed by atoms with E-state index in [0.29, 0.717) is 16.6 Å². The molecule has 0 saturated carbocycles. The van der Waals surface area contributed by atoms with E-state index in [1.165, 1.54) is 12.3 Å². The summed E-state index contributed by atoms with van der Waals surface area (Å²) >= 11 is 3.16. The van der Waals surface area contributed by atoms with Crippen molar-refractivity contribution in [3.05, 3.63) is 28.5 Å². The lowest BCUT2D eigenvalue weighted by Gasteiger charge is -2.20. The van der Waals surface area contributed by atoms with Crippen LogP contribution in [0.3, 0.4) is 0 Å². The SMILES string of the molecule is CCC(C)C(NC(=O)c1ccnc(Br)c1)C(=O)O. The van der Waals surface area contributed by atoms with E-state index in [1.54, 1.807) is 13.0 Å². The summed E-state index contributed by atoms with van der Waals surface area (Å²) < 4.78 is 0.533. The van der Waals surface area contributed by atoms with E-state index in [-0.39, 0.29) is 5.92 Å². The molecule has 0 aromatic carbocycles. The zero-order valence-corrected chi connectivity index (χ0v) is 11.8. The van der Waals surface area contributed by atoms with E-state index in [2.05, 4.69) is 26.2 Å². The Morgan fingerprint density at radius 3 is 2.72 bits per heavy atom. The van der Waals surface area contributed by atoms with Gasteiger partial charge in [-0.1, -0.05) is 20.3 Å². The molecule has 1 aromatic rings. The number of pyridine rings is 1. The molecule has 1 aromatic heterocycles. The van der Waals surface area contributed by atoms with Gasteiger partial charge in [0, 0.05) is 11.8 Å². The Labute approximate surface area is 114 Å². The molecule has 1 rings (SSSR count). The van der Waals surface area contributed by atoms with Gasteiger partial charge in [-0.15, -0.1) is 0 Å². The van der Waals surface area contributed by atoms with Gasteiger partial charge in [-0.2, -0.15) is 0 Å². The number of halogens is 1. The van der Waals surface area contributed by atoms with Gasteiger partial charge in [0.1, 0.15) is 10.6 Å². The lowest BCUT2D eigenvalue weighted by atomic mass is 9.99. The molecule has 2 atom stereocenters. The van der Waals surface area contributed by atoms with Crippen molar-refractivity contribution in [1.82, 2.24) is 10.3 Å². The lowest BCUT2D eigenvalue weighted by molar-refractivity contribution is -0.140. The van der Waals surface area contributed by atoms with Gasteiger partial charge in [0.15, 0.2) is 0 Å². The second-order valence-electron chi connectivity index (χ2n) is 4.04. The molecule has 6 heteroatoms. The lowest BCUT2D eigenvalue weighted by Crippen LogP contribution is -2.45. The molecule has 0 aliphatic carbocycles. The van der Waals surface area contributed by atoms with Crippen molar-refractivity contribution in [2.45, 2.75) is 26.3 Å². The highest BCUT2D eigenvalue weighted by Crippen LogP contribution is 2.11. The van der Waals surface area contributed by atoms with Crippen LogP contribution in [0.5, 0.6) is 0 Å². The van der Waals surface area contributed by atoms with Crippen molar-refractivity contribution in [3.63, 3.8) is 0 Å². The van der Waals surface area contributed by atoms with Gasteiger partial charge in [0.05, 0.1) is 0 Å². The van der Waals surface area contributed by atoms with Crippen molar-refractivity contribution < 1.29 is 14.7 Å². The van der Waals surface area contributed by atoms with E-state index in [1.807, 2.05) is 6.92 Å². The molecule has 0 saturated heterocycles. The number of hydrogen-bond donors (Lipinski definition) is 2. The van der Waals surface area contributed by atoms with Gasteiger partial charge in [-0.3, -0.25) is 4.79 Å². The smallest absolute Gasteiger partial charge is 0.326 e. The molecular formula is C12H15BrN2O3. The first-order valence-electron chi connectivity index (χ1n) is 5.61. The molecule has 0 spiro atoms. The summed E-state index contributed by atoms with van der Waals surface area (Å²) in [6, 6.07) is 2.20. The maximum Gasteiger partial charge on any atom is 0.326 e. The van der Waals surface area contributed by atoms with E-state index in [0.717, 1.165) is 0 Å². The average Bonchev–Trinajstić information content (AvgIpc) is 2.34. The second-order valence-corrected chi connectivity index (χ2v) is 4.85. The monoisotopic (exact) mass is 314 g/mol. The molecule has 0 fully saturated rings. The molecular weight excluding hydrogens is 300 g/mol. The van der Waals surface area contributed by atoms with Gasteiger partial charge in [-0.05, 0) is 34.0 Å². The topological polar surface area (TPSA) is 79.3 Å². The third kappa shape index (κ3) is 3.80. The molecule has 0 bridgehead atoms. The molecule has 2 unspecified atom stereocenters. The predicted octanol–water partition coefficient (Wildman–Crippen LogP) is 2.07. The van der Waals surface area contributed by atoms with E-state index >= 15 is 0 Å². The summed E-state index contributed by atoms with van der Waals surface area (Å²) in [5.74, 6) is -1.56. The Kier molecular flexibility index (Phi) is 5.27. The number of aromatic nitrogens is 1. The minimum atomic E-state index is -1.02. The number of carbonyl (C=O) groups excluding carboxylic acids is 1. The van der Waals surface area contributed by atoms with Gasteiger partial charge >= 0.3 is 5.97 Å². The minimum absolute atomic E-state index is 0.128. The van der Waals surface area contributed by atoms with Crippen LogP contribution in [0.1, 0.15) is 30.6 Å². The summed E-state index contributed by atoms with van der Waals surface area (Å²) in [6.45, 7) is 3.68. The van der Waals surface area contributed by atoms with Gasteiger partial charge < -0.3 is 10.4 Å². The molecule has 5 nitrogen and oxygen atoms in total. The number of aliphatic carboxylic acids is 1. The number of nitrogens with zero attached hydrogens (tertiary/aromatic N) is 1. The first-order chi connectivity index (χ1) is 8.45. The zero-order valence-electron chi connectivity index (χ0n) is 10.2. The minimum Gasteiger partial charge on any atom is -0.480 e. The van der Waals surface area contributed by atoms with Crippen LogP contribution < -0.4 is 5.32 Å². The predicted molar refractivity (Wildman–Crippen MR) is 70.3 cm³/mol. The quantitative estimate of drug-likeness (QED) is 0.815. The van der Waals surface area contributed by atoms with Crippen LogP contribution in [0.4, 0.5) is 0 Å². The Hall–Kier alpha value is -1.43. The number of hydrogen-bond acceptors (Lipinski definition) is 3. The van der Waals surface area contributed by atoms with Crippen molar-refractivity contribution in [2.24, 2.45) is 5.92 Å². The summed E-state index contributed by atoms with van der Waals surface area (Å²) in [7, 11) is 0. The van der Waals surface area contributed by atoms with Crippen LogP contribution in [0.25, 0.3) is 0 Å². The summed E-state index contributed by atoms with van der Waals surface area (Å²) in [4.78, 5) is 26.9. The van der Waals surface area contributed by atoms with E-state index in [9.17, 15) is 9.59 Å². The van der Waals surface area contributed by atoms with Crippen molar-refractivity contribution in [1.29, 1.82) is 0 Å². The van der Waals surface area contributed by atoms with E-state index < -0.39 is 17.9 Å². The van der Waals surface area contributed by atoms with Gasteiger partial charge in [-0.25, -0.2) is 9.78 Å². The standard InChI is InChI=1S/C12H15BrN2O3/c1-3-7(2)10(12(17)18)15-11(16)8-4-5-14-9(13)6-8/h4-7,10H,3H2,1-2H3,(H,15,16)(H,17,18). The van der Waals surface area contributed by atoms with Gasteiger partial charge in [0.25, 0.3) is 5.91 Å². The molecule has 1 heterocycles. The highest BCUT2D eigenvalue weighted by Gasteiger charge is 2.25. The van der Waals surface area contributed by atoms with Crippen LogP contribution in [0.2, 0.25) is 0 Å². The molecule has 98 valence electrons. The molecule has 0 radical (unpaired) electrons. The fraction of sp³-hybridized carbons (Fsp3) is 0.417. The molecule has 18 heavy (non-hydrogen) atoms. The molecule has 0 aliphatic rings. The number of rotatable bonds is 5. The molecule has 1 amide bonds. The Balaban J connectivity index is 2.82. The number of amides is 1. The molecule has 2 N–H and O–H groups in total. The summed E-state index contributed by atoms with van der Waals surface area (Å²) in [5, 5.41) is 11.6. The van der Waals surface area contributed by atoms with Gasteiger partial charge in [0.2, 0.25) is 0 Å². The Bertz CT molecular complexity index is 451. The number of nitrogens with one attached hydrogen (secondary N) is 1. The summed E-state index contributed by atoms with van der Waals surface area (Å²) in [6.07, 6.45) is 2.16. The highest BCUT2D eigenvalue weighted by atomic mass is 79.9. The maximum absolute atomic E-state index is 11.9. The number of carboxylic acid groups (broad SMARTS) is 1. The van der Waals surface area contributed by atoms with Crippen LogP contribution in [-0.4, -0.2) is 28.0 Å². The number of carboxylic acids is 1. The first-order valence-corrected chi connectivity index (χ1v) is 6.40. The van der Waals surface area contributed by atoms with Crippen molar-refractivity contribution in [2.75, 3.05) is 0 Å².